The molecule has 3 N–H and O–H groups in total. The third kappa shape index (κ3) is 3.53. The van der Waals surface area contributed by atoms with Crippen LogP contribution < -0.4 is 5.32 Å². The van der Waals surface area contributed by atoms with Gasteiger partial charge < -0.3 is 15.4 Å². The predicted octanol–water partition coefficient (Wildman–Crippen LogP) is 4.16. The van der Waals surface area contributed by atoms with Crippen LogP contribution >= 0.6 is 15.9 Å². The monoisotopic (exact) mass is 395 g/mol. The fourth-order valence-electron chi connectivity index (χ4n) is 2.55. The minimum absolute atomic E-state index is 0.0580. The molecule has 0 bridgehead atoms. The Morgan fingerprint density at radius 3 is 2.67 bits per heavy atom. The number of nitrogens with zero attached hydrogens (tertiary/aromatic N) is 1. The average molecular weight is 396 g/mol. The molecule has 0 aliphatic carbocycles. The van der Waals surface area contributed by atoms with E-state index >= 15 is 0 Å². The van der Waals surface area contributed by atoms with Gasteiger partial charge in [-0.3, -0.25) is 0 Å². The van der Waals surface area contributed by atoms with Crippen molar-refractivity contribution >= 4 is 33.1 Å². The number of carboxylic acid groups (broad SMARTS) is 1. The van der Waals surface area contributed by atoms with E-state index in [-0.39, 0.29) is 6.42 Å². The summed E-state index contributed by atoms with van der Waals surface area (Å²) in [5, 5.41) is 11.4. The van der Waals surface area contributed by atoms with E-state index in [1.807, 2.05) is 0 Å². The lowest BCUT2D eigenvalue weighted by Gasteiger charge is -2.18. The minimum Gasteiger partial charge on any atom is -0.465 e. The lowest BCUT2D eigenvalue weighted by Crippen LogP contribution is -2.29. The van der Waals surface area contributed by atoms with Crippen molar-refractivity contribution in [3.8, 4) is 0 Å². The minimum atomic E-state index is -1.25. The van der Waals surface area contributed by atoms with Gasteiger partial charge in [0.25, 0.3) is 0 Å². The van der Waals surface area contributed by atoms with E-state index in [1.165, 1.54) is 12.1 Å². The lowest BCUT2D eigenvalue weighted by molar-refractivity contribution is 0.189. The molecule has 24 heavy (non-hydrogen) atoms. The number of hydrogen-bond donors (Lipinski definition) is 3. The van der Waals surface area contributed by atoms with Crippen LogP contribution in [0.3, 0.4) is 0 Å². The average Bonchev–Trinajstić information content (AvgIpc) is 2.91. The highest BCUT2D eigenvalue weighted by atomic mass is 79.9. The van der Waals surface area contributed by atoms with E-state index in [1.54, 1.807) is 18.3 Å². The van der Waals surface area contributed by atoms with Gasteiger partial charge in [-0.2, -0.15) is 0 Å². The molecule has 1 atom stereocenters. The second-order valence-electron chi connectivity index (χ2n) is 5.25. The van der Waals surface area contributed by atoms with Gasteiger partial charge >= 0.3 is 6.09 Å². The summed E-state index contributed by atoms with van der Waals surface area (Å²) in [6.07, 6.45) is 0.526. The van der Waals surface area contributed by atoms with Crippen molar-refractivity contribution in [3.63, 3.8) is 0 Å². The van der Waals surface area contributed by atoms with Gasteiger partial charge in [0.1, 0.15) is 11.6 Å². The van der Waals surface area contributed by atoms with Crippen LogP contribution in [0.2, 0.25) is 0 Å². The summed E-state index contributed by atoms with van der Waals surface area (Å²) in [6, 6.07) is 5.87. The number of aromatic nitrogens is 2. The first-order valence-electron chi connectivity index (χ1n) is 7.00. The second kappa shape index (κ2) is 6.56. The molecular weight excluding hydrogens is 384 g/mol. The van der Waals surface area contributed by atoms with Crippen molar-refractivity contribution in [1.29, 1.82) is 0 Å². The number of aromatic amines is 1. The summed E-state index contributed by atoms with van der Waals surface area (Å²) >= 11 is 3.37. The Bertz CT molecular complexity index is 893. The third-order valence-electron chi connectivity index (χ3n) is 3.50. The number of amides is 1. The number of pyridine rings is 1. The van der Waals surface area contributed by atoms with Crippen molar-refractivity contribution in [2.75, 3.05) is 0 Å². The van der Waals surface area contributed by atoms with Gasteiger partial charge in [0.2, 0.25) is 0 Å². The summed E-state index contributed by atoms with van der Waals surface area (Å²) in [5.41, 5.74) is 2.22. The molecule has 3 rings (SSSR count). The quantitative estimate of drug-likeness (QED) is 0.620. The van der Waals surface area contributed by atoms with E-state index in [4.69, 9.17) is 5.11 Å². The molecule has 0 aliphatic rings. The number of H-pyrrole nitrogens is 1. The first kappa shape index (κ1) is 16.4. The van der Waals surface area contributed by atoms with Crippen molar-refractivity contribution in [2.24, 2.45) is 0 Å². The number of fused-ring (bicyclic) bond motifs is 1. The van der Waals surface area contributed by atoms with E-state index in [0.717, 1.165) is 11.6 Å². The van der Waals surface area contributed by atoms with Gasteiger partial charge in [-0.1, -0.05) is 0 Å². The molecule has 0 fully saturated rings. The molecule has 5 nitrogen and oxygen atoms in total. The first-order valence-corrected chi connectivity index (χ1v) is 7.79. The molecule has 0 radical (unpaired) electrons. The smallest absolute Gasteiger partial charge is 0.405 e. The molecule has 2 aromatic heterocycles. The van der Waals surface area contributed by atoms with Gasteiger partial charge in [-0.15, -0.1) is 0 Å². The fourth-order valence-corrected chi connectivity index (χ4v) is 3.14. The highest BCUT2D eigenvalue weighted by Crippen LogP contribution is 2.28. The van der Waals surface area contributed by atoms with Crippen LogP contribution in [0.4, 0.5) is 13.6 Å². The summed E-state index contributed by atoms with van der Waals surface area (Å²) < 4.78 is 27.4. The van der Waals surface area contributed by atoms with Gasteiger partial charge in [0.15, 0.2) is 0 Å². The molecule has 2 heterocycles. The molecule has 0 spiro atoms. The fraction of sp³-hybridized carbons (Fsp3) is 0.125. The molecule has 0 saturated heterocycles. The normalized spacial score (nSPS) is 12.3. The van der Waals surface area contributed by atoms with Crippen LogP contribution in [0.15, 0.2) is 41.0 Å². The van der Waals surface area contributed by atoms with Crippen molar-refractivity contribution in [3.05, 3.63) is 63.9 Å². The highest BCUT2D eigenvalue weighted by molar-refractivity contribution is 9.10. The van der Waals surface area contributed by atoms with Crippen molar-refractivity contribution in [2.45, 2.75) is 12.5 Å². The molecule has 8 heteroatoms. The Labute approximate surface area is 143 Å². The van der Waals surface area contributed by atoms with Gasteiger partial charge in [0.05, 0.1) is 22.8 Å². The third-order valence-corrected chi connectivity index (χ3v) is 4.14. The maximum absolute atomic E-state index is 13.4. The van der Waals surface area contributed by atoms with Crippen LogP contribution in [0, 0.1) is 11.6 Å². The molecule has 1 amide bonds. The highest BCUT2D eigenvalue weighted by Gasteiger charge is 2.21. The Morgan fingerprint density at radius 1 is 1.29 bits per heavy atom. The molecule has 0 unspecified atom stereocenters. The number of nitrogens with one attached hydrogen (secondary N) is 2. The van der Waals surface area contributed by atoms with E-state index in [2.05, 4.69) is 31.2 Å². The van der Waals surface area contributed by atoms with E-state index < -0.39 is 23.8 Å². The molecule has 3 aromatic rings. The maximum atomic E-state index is 13.4. The van der Waals surface area contributed by atoms with Gasteiger partial charge in [0, 0.05) is 16.7 Å². The number of rotatable bonds is 4. The van der Waals surface area contributed by atoms with E-state index in [9.17, 15) is 13.6 Å². The van der Waals surface area contributed by atoms with Crippen LogP contribution in [0.1, 0.15) is 17.3 Å². The molecule has 124 valence electrons. The summed E-state index contributed by atoms with van der Waals surface area (Å²) in [6.45, 7) is 0. The Kier molecular flexibility index (Phi) is 4.48. The lowest BCUT2D eigenvalue weighted by atomic mass is 10.0. The summed E-state index contributed by atoms with van der Waals surface area (Å²) in [7, 11) is 0. The predicted molar refractivity (Wildman–Crippen MR) is 87.8 cm³/mol. The second-order valence-corrected chi connectivity index (χ2v) is 6.10. The van der Waals surface area contributed by atoms with Gasteiger partial charge in [-0.25, -0.2) is 18.6 Å². The maximum Gasteiger partial charge on any atom is 0.405 e. The first-order chi connectivity index (χ1) is 11.4. The summed E-state index contributed by atoms with van der Waals surface area (Å²) in [5.74, 6) is -1.43. The SMILES string of the molecule is O=C(O)N[C@H](Cc1cc(F)cc(F)c1)c1nc2cc[nH]c2cc1Br. The Balaban J connectivity index is 2.01. The van der Waals surface area contributed by atoms with Crippen LogP contribution in [-0.4, -0.2) is 21.2 Å². The van der Waals surface area contributed by atoms with Crippen LogP contribution in [0.5, 0.6) is 0 Å². The number of carbonyl (C=O) groups is 1. The Morgan fingerprint density at radius 2 is 2.00 bits per heavy atom. The summed E-state index contributed by atoms with van der Waals surface area (Å²) in [4.78, 5) is 18.6. The molecule has 0 aliphatic heterocycles. The standard InChI is InChI=1S/C16H12BrF2N3O2/c17-11-7-13-12(1-2-20-13)21-15(11)14(22-16(23)24)5-8-3-9(18)6-10(19)4-8/h1-4,6-7,14,20,22H,5H2,(H,23,24)/t14-/m1/s1. The number of halogens is 3. The number of hydrogen-bond acceptors (Lipinski definition) is 2. The van der Waals surface area contributed by atoms with Crippen LogP contribution in [0.25, 0.3) is 11.0 Å². The van der Waals surface area contributed by atoms with E-state index in [0.29, 0.717) is 21.2 Å². The van der Waals surface area contributed by atoms with Crippen LogP contribution in [-0.2, 0) is 6.42 Å². The zero-order valence-electron chi connectivity index (χ0n) is 12.2. The zero-order chi connectivity index (χ0) is 17.3. The topological polar surface area (TPSA) is 78.0 Å². The Hall–Kier alpha value is -2.48. The number of benzene rings is 1. The molecular formula is C16H12BrF2N3O2. The zero-order valence-corrected chi connectivity index (χ0v) is 13.8. The van der Waals surface area contributed by atoms with Gasteiger partial charge in [-0.05, 0) is 52.2 Å². The molecule has 0 saturated carbocycles. The van der Waals surface area contributed by atoms with Crippen molar-refractivity contribution in [1.82, 2.24) is 15.3 Å². The molecule has 1 aromatic carbocycles. The van der Waals surface area contributed by atoms with Crippen molar-refractivity contribution < 1.29 is 18.7 Å². The largest absolute Gasteiger partial charge is 0.465 e.